The van der Waals surface area contributed by atoms with Gasteiger partial charge in [0.25, 0.3) is 5.91 Å². The highest BCUT2D eigenvalue weighted by Gasteiger charge is 2.12. The first-order valence-electron chi connectivity index (χ1n) is 7.19. The number of benzene rings is 1. The topological polar surface area (TPSA) is 85.6 Å². The van der Waals surface area contributed by atoms with Crippen LogP contribution in [0.2, 0.25) is 0 Å². The molecule has 3 aromatic heterocycles. The van der Waals surface area contributed by atoms with Crippen molar-refractivity contribution in [2.24, 2.45) is 0 Å². The number of nitrogens with one attached hydrogen (secondary N) is 1. The summed E-state index contributed by atoms with van der Waals surface area (Å²) < 4.78 is 2.54. The molecule has 4 rings (SSSR count). The predicted molar refractivity (Wildman–Crippen MR) is 91.5 cm³/mol. The normalized spacial score (nSPS) is 10.9. The number of pyridine rings is 1. The Hall–Kier alpha value is -3.13. The molecule has 0 spiro atoms. The van der Waals surface area contributed by atoms with E-state index in [2.05, 4.69) is 25.4 Å². The minimum Gasteiger partial charge on any atom is -0.298 e. The van der Waals surface area contributed by atoms with Crippen molar-refractivity contribution in [2.75, 3.05) is 5.32 Å². The Morgan fingerprint density at radius 2 is 2.21 bits per heavy atom. The fourth-order valence-corrected chi connectivity index (χ4v) is 3.26. The van der Waals surface area contributed by atoms with Crippen LogP contribution in [0.15, 0.2) is 49.2 Å². The number of hydrogen-bond acceptors (Lipinski definition) is 6. The average molecular weight is 336 g/mol. The summed E-state index contributed by atoms with van der Waals surface area (Å²) in [7, 11) is 0. The van der Waals surface area contributed by atoms with Crippen molar-refractivity contribution < 1.29 is 4.79 Å². The highest BCUT2D eigenvalue weighted by molar-refractivity contribution is 7.22. The molecule has 0 saturated heterocycles. The summed E-state index contributed by atoms with van der Waals surface area (Å²) in [6.45, 7) is 2.00. The van der Waals surface area contributed by atoms with Crippen LogP contribution < -0.4 is 5.32 Å². The first-order chi connectivity index (χ1) is 11.7. The van der Waals surface area contributed by atoms with Gasteiger partial charge in [-0.3, -0.25) is 10.1 Å². The van der Waals surface area contributed by atoms with E-state index in [1.54, 1.807) is 18.3 Å². The number of amides is 1. The molecule has 1 N–H and O–H groups in total. The first-order valence-corrected chi connectivity index (χ1v) is 8.01. The lowest BCUT2D eigenvalue weighted by atomic mass is 10.2. The Kier molecular flexibility index (Phi) is 3.51. The van der Waals surface area contributed by atoms with Crippen molar-refractivity contribution in [2.45, 2.75) is 6.92 Å². The van der Waals surface area contributed by atoms with Crippen LogP contribution >= 0.6 is 11.3 Å². The van der Waals surface area contributed by atoms with Gasteiger partial charge in [-0.2, -0.15) is 5.10 Å². The van der Waals surface area contributed by atoms with Crippen LogP contribution in [0.5, 0.6) is 0 Å². The van der Waals surface area contributed by atoms with Gasteiger partial charge in [0.1, 0.15) is 12.7 Å². The van der Waals surface area contributed by atoms with Crippen LogP contribution in [0, 0.1) is 6.92 Å². The molecule has 118 valence electrons. The summed E-state index contributed by atoms with van der Waals surface area (Å²) in [5.41, 5.74) is 2.48. The summed E-state index contributed by atoms with van der Waals surface area (Å²) in [6, 6.07) is 9.28. The van der Waals surface area contributed by atoms with Crippen molar-refractivity contribution in [1.29, 1.82) is 0 Å². The van der Waals surface area contributed by atoms with Crippen LogP contribution in [0.1, 0.15) is 15.9 Å². The van der Waals surface area contributed by atoms with Crippen molar-refractivity contribution in [3.63, 3.8) is 0 Å². The molecular weight excluding hydrogens is 324 g/mol. The fraction of sp³-hybridized carbons (Fsp3) is 0.0625. The average Bonchev–Trinajstić information content (AvgIpc) is 3.25. The van der Waals surface area contributed by atoms with Crippen LogP contribution in [-0.4, -0.2) is 30.6 Å². The molecule has 4 aromatic rings. The molecule has 1 aromatic carbocycles. The lowest BCUT2D eigenvalue weighted by molar-refractivity contribution is 0.102. The standard InChI is InChI=1S/C16H12N6OS/c1-10-3-2-4-12-14(10)20-16(24-12)21-15(23)11-5-6-18-13(7-11)22-9-17-8-19-22/h2-9H,1H3,(H,20,21,23). The van der Waals surface area contributed by atoms with E-state index in [9.17, 15) is 4.79 Å². The van der Waals surface area contributed by atoms with E-state index in [-0.39, 0.29) is 5.91 Å². The number of carbonyl (C=O) groups is 1. The third-order valence-electron chi connectivity index (χ3n) is 3.50. The van der Waals surface area contributed by atoms with E-state index in [4.69, 9.17) is 0 Å². The number of aryl methyl sites for hydroxylation is 1. The van der Waals surface area contributed by atoms with E-state index >= 15 is 0 Å². The molecule has 3 heterocycles. The lowest BCUT2D eigenvalue weighted by Crippen LogP contribution is -2.12. The molecule has 0 saturated carbocycles. The molecule has 0 aliphatic heterocycles. The van der Waals surface area contributed by atoms with Gasteiger partial charge < -0.3 is 0 Å². The van der Waals surface area contributed by atoms with E-state index in [0.29, 0.717) is 16.5 Å². The Labute approximate surface area is 141 Å². The predicted octanol–water partition coefficient (Wildman–Crippen LogP) is 2.83. The Balaban J connectivity index is 1.61. The number of rotatable bonds is 3. The third-order valence-corrected chi connectivity index (χ3v) is 4.44. The van der Waals surface area contributed by atoms with Crippen LogP contribution in [0.25, 0.3) is 16.0 Å². The van der Waals surface area contributed by atoms with Crippen LogP contribution in [0.4, 0.5) is 5.13 Å². The Bertz CT molecular complexity index is 1020. The minimum atomic E-state index is -0.240. The summed E-state index contributed by atoms with van der Waals surface area (Å²) in [5, 5.41) is 7.43. The zero-order valence-corrected chi connectivity index (χ0v) is 13.5. The smallest absolute Gasteiger partial charge is 0.257 e. The van der Waals surface area contributed by atoms with Gasteiger partial charge in [-0.1, -0.05) is 23.5 Å². The molecule has 0 aliphatic carbocycles. The number of fused-ring (bicyclic) bond motifs is 1. The summed E-state index contributed by atoms with van der Waals surface area (Å²) in [6.07, 6.45) is 4.51. The number of thiazole rings is 1. The molecule has 8 heteroatoms. The van der Waals surface area contributed by atoms with E-state index in [1.807, 2.05) is 25.1 Å². The van der Waals surface area contributed by atoms with Gasteiger partial charge in [-0.05, 0) is 30.7 Å². The Morgan fingerprint density at radius 3 is 3.00 bits per heavy atom. The molecular formula is C16H12N6OS. The zero-order chi connectivity index (χ0) is 16.5. The van der Waals surface area contributed by atoms with Crippen molar-refractivity contribution in [1.82, 2.24) is 24.7 Å². The summed E-state index contributed by atoms with van der Waals surface area (Å²) in [4.78, 5) is 25.0. The zero-order valence-electron chi connectivity index (χ0n) is 12.7. The van der Waals surface area contributed by atoms with E-state index in [0.717, 1.165) is 15.8 Å². The SMILES string of the molecule is Cc1cccc2sc(NC(=O)c3ccnc(-n4cncn4)c3)nc12. The van der Waals surface area contributed by atoms with Gasteiger partial charge in [0.05, 0.1) is 10.2 Å². The van der Waals surface area contributed by atoms with Gasteiger partial charge in [0.15, 0.2) is 10.9 Å². The van der Waals surface area contributed by atoms with Gasteiger partial charge >= 0.3 is 0 Å². The number of para-hydroxylation sites is 1. The first kappa shape index (κ1) is 14.5. The Morgan fingerprint density at radius 1 is 1.29 bits per heavy atom. The second-order valence-electron chi connectivity index (χ2n) is 5.14. The monoisotopic (exact) mass is 336 g/mol. The number of hydrogen-bond donors (Lipinski definition) is 1. The van der Waals surface area contributed by atoms with Gasteiger partial charge in [-0.15, -0.1) is 0 Å². The van der Waals surface area contributed by atoms with Gasteiger partial charge in [0.2, 0.25) is 0 Å². The highest BCUT2D eigenvalue weighted by atomic mass is 32.1. The van der Waals surface area contributed by atoms with Gasteiger partial charge in [0, 0.05) is 11.8 Å². The quantitative estimate of drug-likeness (QED) is 0.622. The lowest BCUT2D eigenvalue weighted by Gasteiger charge is -2.04. The largest absolute Gasteiger partial charge is 0.298 e. The molecule has 7 nitrogen and oxygen atoms in total. The second-order valence-corrected chi connectivity index (χ2v) is 6.17. The van der Waals surface area contributed by atoms with Gasteiger partial charge in [-0.25, -0.2) is 19.6 Å². The molecule has 0 fully saturated rings. The van der Waals surface area contributed by atoms with E-state index < -0.39 is 0 Å². The molecule has 0 bridgehead atoms. The van der Waals surface area contributed by atoms with E-state index in [1.165, 1.54) is 28.7 Å². The second kappa shape index (κ2) is 5.82. The summed E-state index contributed by atoms with van der Waals surface area (Å²) >= 11 is 1.45. The number of carbonyl (C=O) groups excluding carboxylic acids is 1. The number of anilines is 1. The van der Waals surface area contributed by atoms with Crippen molar-refractivity contribution >= 4 is 32.6 Å². The summed E-state index contributed by atoms with van der Waals surface area (Å²) in [5.74, 6) is 0.288. The molecule has 1 amide bonds. The molecule has 24 heavy (non-hydrogen) atoms. The maximum atomic E-state index is 12.5. The number of nitrogens with zero attached hydrogens (tertiary/aromatic N) is 5. The van der Waals surface area contributed by atoms with Crippen molar-refractivity contribution in [3.05, 3.63) is 60.3 Å². The minimum absolute atomic E-state index is 0.240. The third kappa shape index (κ3) is 2.63. The molecule has 0 unspecified atom stereocenters. The van der Waals surface area contributed by atoms with Crippen LogP contribution in [0.3, 0.4) is 0 Å². The molecule has 0 aliphatic rings. The van der Waals surface area contributed by atoms with Crippen molar-refractivity contribution in [3.8, 4) is 5.82 Å². The maximum Gasteiger partial charge on any atom is 0.257 e. The van der Waals surface area contributed by atoms with Crippen LogP contribution in [-0.2, 0) is 0 Å². The maximum absolute atomic E-state index is 12.5. The highest BCUT2D eigenvalue weighted by Crippen LogP contribution is 2.28. The number of aromatic nitrogens is 5. The fourth-order valence-electron chi connectivity index (χ4n) is 2.32. The molecule has 0 radical (unpaired) electrons. The molecule has 0 atom stereocenters.